The zero-order chi connectivity index (χ0) is 24.7. The average Bonchev–Trinajstić information content (AvgIpc) is 2.95. The molecule has 0 aliphatic carbocycles. The summed E-state index contributed by atoms with van der Waals surface area (Å²) in [5.74, 6) is -2.24. The Morgan fingerprint density at radius 3 is 2.18 bits per heavy atom. The number of benzene rings is 2. The lowest BCUT2D eigenvalue weighted by atomic mass is 9.97. The van der Waals surface area contributed by atoms with Crippen molar-refractivity contribution < 1.29 is 37.3 Å². The van der Waals surface area contributed by atoms with Gasteiger partial charge in [-0.25, -0.2) is 0 Å². The second kappa shape index (κ2) is 8.46. The molecule has 2 aromatic carbocycles. The predicted molar refractivity (Wildman–Crippen MR) is 115 cm³/mol. The van der Waals surface area contributed by atoms with Gasteiger partial charge in [-0.1, -0.05) is 0 Å². The Morgan fingerprint density at radius 2 is 1.64 bits per heavy atom. The molecule has 3 rings (SSSR count). The Labute approximate surface area is 188 Å². The van der Waals surface area contributed by atoms with Gasteiger partial charge in [-0.3, -0.25) is 14.2 Å². The first-order chi connectivity index (χ1) is 15.2. The van der Waals surface area contributed by atoms with Crippen LogP contribution in [-0.2, 0) is 9.53 Å². The van der Waals surface area contributed by atoms with E-state index in [0.717, 1.165) is 12.1 Å². The van der Waals surface area contributed by atoms with Gasteiger partial charge in [-0.15, -0.1) is 13.2 Å². The second-order valence-corrected chi connectivity index (χ2v) is 8.67. The molecule has 0 saturated heterocycles. The number of aromatic nitrogens is 1. The van der Waals surface area contributed by atoms with Crippen LogP contribution in [0.2, 0.25) is 0 Å². The van der Waals surface area contributed by atoms with E-state index in [2.05, 4.69) is 4.74 Å². The van der Waals surface area contributed by atoms with E-state index in [4.69, 9.17) is 4.74 Å². The number of ether oxygens (including phenoxy) is 2. The molecule has 0 spiro atoms. The fourth-order valence-electron chi connectivity index (χ4n) is 3.68. The van der Waals surface area contributed by atoms with Crippen LogP contribution < -0.4 is 4.74 Å². The van der Waals surface area contributed by atoms with Crippen molar-refractivity contribution in [3.8, 4) is 11.5 Å². The monoisotopic (exact) mass is 463 g/mol. The Balaban J connectivity index is 2.08. The second-order valence-electron chi connectivity index (χ2n) is 8.67. The summed E-state index contributed by atoms with van der Waals surface area (Å²) < 4.78 is 48.0. The van der Waals surface area contributed by atoms with Gasteiger partial charge in [-0.05, 0) is 82.6 Å². The number of esters is 1. The van der Waals surface area contributed by atoms with Gasteiger partial charge in [0.25, 0.3) is 5.91 Å². The number of halogens is 3. The van der Waals surface area contributed by atoms with Crippen LogP contribution in [0.3, 0.4) is 0 Å². The summed E-state index contributed by atoms with van der Waals surface area (Å²) >= 11 is 0. The summed E-state index contributed by atoms with van der Waals surface area (Å²) in [5.41, 5.74) is 0.816. The predicted octanol–water partition coefficient (Wildman–Crippen LogP) is 5.69. The number of rotatable bonds is 4. The number of aromatic hydroxyl groups is 1. The van der Waals surface area contributed by atoms with Crippen molar-refractivity contribution in [2.45, 2.75) is 52.5 Å². The van der Waals surface area contributed by atoms with E-state index >= 15 is 0 Å². The number of phenolic OH excluding ortho intramolecular Hbond substituents is 1. The van der Waals surface area contributed by atoms with Gasteiger partial charge in [0.1, 0.15) is 17.1 Å². The largest absolute Gasteiger partial charge is 0.573 e. The Bertz CT molecular complexity index is 1200. The molecule has 0 aliphatic rings. The third-order valence-corrected chi connectivity index (χ3v) is 4.97. The molecule has 1 N–H and O–H groups in total. The lowest BCUT2D eigenvalue weighted by Gasteiger charge is -2.22. The van der Waals surface area contributed by atoms with Crippen LogP contribution in [0.15, 0.2) is 42.5 Å². The number of alkyl halides is 3. The minimum Gasteiger partial charge on any atom is -0.508 e. The van der Waals surface area contributed by atoms with Crippen molar-refractivity contribution in [3.05, 3.63) is 59.3 Å². The zero-order valence-corrected chi connectivity index (χ0v) is 18.8. The van der Waals surface area contributed by atoms with Crippen molar-refractivity contribution in [2.24, 2.45) is 0 Å². The van der Waals surface area contributed by atoms with E-state index in [1.165, 1.54) is 28.8 Å². The van der Waals surface area contributed by atoms with E-state index in [0.29, 0.717) is 22.2 Å². The summed E-state index contributed by atoms with van der Waals surface area (Å²) in [4.78, 5) is 26.1. The van der Waals surface area contributed by atoms with Crippen LogP contribution in [0.1, 0.15) is 55.2 Å². The van der Waals surface area contributed by atoms with Gasteiger partial charge in [0.2, 0.25) is 0 Å². The molecule has 0 fully saturated rings. The number of hydrogen-bond donors (Lipinski definition) is 1. The molecular formula is C24H24F3NO5. The van der Waals surface area contributed by atoms with Gasteiger partial charge in [0.05, 0.1) is 11.4 Å². The van der Waals surface area contributed by atoms with Gasteiger partial charge in [0.15, 0.2) is 0 Å². The molecule has 1 unspecified atom stereocenters. The maximum absolute atomic E-state index is 13.3. The van der Waals surface area contributed by atoms with Gasteiger partial charge < -0.3 is 14.6 Å². The molecule has 0 saturated carbocycles. The first-order valence-corrected chi connectivity index (χ1v) is 10.2. The zero-order valence-electron chi connectivity index (χ0n) is 18.8. The summed E-state index contributed by atoms with van der Waals surface area (Å²) in [6, 6.07) is 8.98. The van der Waals surface area contributed by atoms with E-state index in [-0.39, 0.29) is 11.3 Å². The quantitative estimate of drug-likeness (QED) is 0.503. The Morgan fingerprint density at radius 1 is 1.03 bits per heavy atom. The van der Waals surface area contributed by atoms with E-state index in [1.54, 1.807) is 40.7 Å². The molecule has 0 bridgehead atoms. The lowest BCUT2D eigenvalue weighted by molar-refractivity contribution is -0.274. The number of carbonyl (C=O) groups excluding carboxylic acids is 2. The first kappa shape index (κ1) is 24.2. The van der Waals surface area contributed by atoms with Crippen LogP contribution in [0.5, 0.6) is 11.5 Å². The third-order valence-electron chi connectivity index (χ3n) is 4.97. The summed E-state index contributed by atoms with van der Waals surface area (Å²) in [7, 11) is 0. The number of hydrogen-bond acceptors (Lipinski definition) is 5. The number of nitrogens with zero attached hydrogens (tertiary/aromatic N) is 1. The van der Waals surface area contributed by atoms with Crippen LogP contribution in [-0.4, -0.2) is 33.5 Å². The smallest absolute Gasteiger partial charge is 0.508 e. The highest BCUT2D eigenvalue weighted by molar-refractivity contribution is 6.05. The molecule has 33 heavy (non-hydrogen) atoms. The Hall–Kier alpha value is -3.49. The molecule has 0 aliphatic heterocycles. The summed E-state index contributed by atoms with van der Waals surface area (Å²) in [5, 5.41) is 10.5. The SMILES string of the molecule is Cc1c(C(C)C(=O)OC(C)(C)C)c2cc(O)ccc2n1C(=O)c1ccc(OC(F)(F)F)cc1. The minimum atomic E-state index is -4.84. The molecule has 1 heterocycles. The highest BCUT2D eigenvalue weighted by Gasteiger charge is 2.32. The van der Waals surface area contributed by atoms with Gasteiger partial charge >= 0.3 is 12.3 Å². The van der Waals surface area contributed by atoms with Crippen molar-refractivity contribution in [1.29, 1.82) is 0 Å². The van der Waals surface area contributed by atoms with Crippen LogP contribution >= 0.6 is 0 Å². The fraction of sp³-hybridized carbons (Fsp3) is 0.333. The normalized spacial score (nSPS) is 13.1. The highest BCUT2D eigenvalue weighted by Crippen LogP contribution is 2.36. The molecule has 1 aromatic heterocycles. The lowest BCUT2D eigenvalue weighted by Crippen LogP contribution is -2.27. The molecule has 3 aromatic rings. The number of carbonyl (C=O) groups is 2. The molecule has 9 heteroatoms. The third kappa shape index (κ3) is 5.30. The van der Waals surface area contributed by atoms with Crippen molar-refractivity contribution in [3.63, 3.8) is 0 Å². The van der Waals surface area contributed by atoms with Crippen LogP contribution in [0.25, 0.3) is 10.9 Å². The van der Waals surface area contributed by atoms with E-state index in [1.807, 2.05) is 0 Å². The van der Waals surface area contributed by atoms with Crippen molar-refractivity contribution >= 4 is 22.8 Å². The highest BCUT2D eigenvalue weighted by atomic mass is 19.4. The molecule has 0 radical (unpaired) electrons. The van der Waals surface area contributed by atoms with E-state index < -0.39 is 35.5 Å². The number of fused-ring (bicyclic) bond motifs is 1. The van der Waals surface area contributed by atoms with Crippen molar-refractivity contribution in [2.75, 3.05) is 0 Å². The molecule has 0 amide bonds. The summed E-state index contributed by atoms with van der Waals surface area (Å²) in [6.07, 6.45) is -4.84. The van der Waals surface area contributed by atoms with Gasteiger partial charge in [0, 0.05) is 16.6 Å². The maximum atomic E-state index is 13.3. The maximum Gasteiger partial charge on any atom is 0.573 e. The molecule has 1 atom stereocenters. The van der Waals surface area contributed by atoms with Crippen LogP contribution in [0, 0.1) is 6.92 Å². The Kier molecular flexibility index (Phi) is 6.19. The standard InChI is InChI=1S/C24H24F3NO5/c1-13(22(31)33-23(3,4)5)20-14(2)28(19-11-8-16(29)12-18(19)20)21(30)15-6-9-17(10-7-15)32-24(25,26)27/h6-13,29H,1-5H3. The molecule has 6 nitrogen and oxygen atoms in total. The summed E-state index contributed by atoms with van der Waals surface area (Å²) in [6.45, 7) is 8.55. The fourth-order valence-corrected chi connectivity index (χ4v) is 3.68. The van der Waals surface area contributed by atoms with Crippen molar-refractivity contribution in [1.82, 2.24) is 4.57 Å². The average molecular weight is 463 g/mol. The first-order valence-electron chi connectivity index (χ1n) is 10.2. The molecule has 176 valence electrons. The molecular weight excluding hydrogens is 439 g/mol. The van der Waals surface area contributed by atoms with Gasteiger partial charge in [-0.2, -0.15) is 0 Å². The van der Waals surface area contributed by atoms with Crippen LogP contribution in [0.4, 0.5) is 13.2 Å². The number of phenols is 1. The van der Waals surface area contributed by atoms with E-state index in [9.17, 15) is 27.9 Å². The minimum absolute atomic E-state index is 0.0432. The topological polar surface area (TPSA) is 77.8 Å².